The maximum Gasteiger partial charge on any atom is 0.345 e. The van der Waals surface area contributed by atoms with E-state index in [0.717, 1.165) is 25.2 Å². The summed E-state index contributed by atoms with van der Waals surface area (Å²) in [4.78, 5) is 12.3. The van der Waals surface area contributed by atoms with Gasteiger partial charge in [0, 0.05) is 0 Å². The molecule has 0 saturated heterocycles. The van der Waals surface area contributed by atoms with Crippen LogP contribution in [0.3, 0.4) is 0 Å². The van der Waals surface area contributed by atoms with E-state index in [1.807, 2.05) is 30.3 Å². The number of rotatable bonds is 4. The molecule has 1 aromatic rings. The van der Waals surface area contributed by atoms with Crippen molar-refractivity contribution in [1.29, 1.82) is 0 Å². The van der Waals surface area contributed by atoms with E-state index in [4.69, 9.17) is 0 Å². The van der Waals surface area contributed by atoms with Crippen LogP contribution in [0.1, 0.15) is 31.1 Å². The lowest BCUT2D eigenvalue weighted by Crippen LogP contribution is -3.00. The highest BCUT2D eigenvalue weighted by Gasteiger charge is 2.31. The topological polar surface area (TPSA) is 17.1 Å². The Bertz CT molecular complexity index is 312. The molecule has 90 valence electrons. The van der Waals surface area contributed by atoms with Gasteiger partial charge in [0.15, 0.2) is 0 Å². The molecule has 3 heteroatoms. The van der Waals surface area contributed by atoms with Crippen LogP contribution in [0, 0.1) is 0 Å². The van der Waals surface area contributed by atoms with Crippen LogP contribution in [0.4, 0.5) is 0 Å². The smallest absolute Gasteiger partial charge is 0.345 e. The standard InChI is InChI=1S/C13H20NO.ClH/c1-4-14(5-2,6-3)13(15)12-10-8-7-9-11-12;/h7-11H,4-6H2,1-3H3;1H/q+1;/p-1. The number of carbonyl (C=O) groups is 1. The molecule has 1 aromatic carbocycles. The maximum absolute atomic E-state index is 12.3. The van der Waals surface area contributed by atoms with E-state index in [9.17, 15) is 4.79 Å². The predicted octanol–water partition coefficient (Wildman–Crippen LogP) is -0.293. The van der Waals surface area contributed by atoms with E-state index in [0.29, 0.717) is 4.48 Å². The highest BCUT2D eigenvalue weighted by Crippen LogP contribution is 2.13. The van der Waals surface area contributed by atoms with Crippen LogP contribution in [0.25, 0.3) is 0 Å². The van der Waals surface area contributed by atoms with Gasteiger partial charge in [0.1, 0.15) is 0 Å². The lowest BCUT2D eigenvalue weighted by Gasteiger charge is -2.32. The first-order valence-corrected chi connectivity index (χ1v) is 5.66. The summed E-state index contributed by atoms with van der Waals surface area (Å²) in [6.45, 7) is 8.82. The minimum Gasteiger partial charge on any atom is -1.00 e. The number of nitrogens with zero attached hydrogens (tertiary/aromatic N) is 1. The first-order valence-electron chi connectivity index (χ1n) is 5.66. The molecule has 0 radical (unpaired) electrons. The van der Waals surface area contributed by atoms with Crippen molar-refractivity contribution in [1.82, 2.24) is 0 Å². The molecule has 0 aliphatic rings. The predicted molar refractivity (Wildman–Crippen MR) is 62.7 cm³/mol. The third-order valence-corrected chi connectivity index (χ3v) is 3.27. The number of halogens is 1. The van der Waals surface area contributed by atoms with Crippen LogP contribution in [-0.2, 0) is 0 Å². The molecular formula is C13H20ClNO. The van der Waals surface area contributed by atoms with Crippen molar-refractivity contribution in [3.8, 4) is 0 Å². The molecule has 0 N–H and O–H groups in total. The summed E-state index contributed by atoms with van der Waals surface area (Å²) < 4.78 is 0.546. The molecule has 0 heterocycles. The number of carbonyl (C=O) groups excluding carboxylic acids is 1. The largest absolute Gasteiger partial charge is 1.00 e. The Morgan fingerprint density at radius 1 is 1.00 bits per heavy atom. The third-order valence-electron chi connectivity index (χ3n) is 3.27. The summed E-state index contributed by atoms with van der Waals surface area (Å²) in [5, 5.41) is 0. The van der Waals surface area contributed by atoms with Crippen molar-refractivity contribution in [3.63, 3.8) is 0 Å². The molecular weight excluding hydrogens is 222 g/mol. The van der Waals surface area contributed by atoms with Crippen molar-refractivity contribution in [3.05, 3.63) is 35.9 Å². The van der Waals surface area contributed by atoms with Gasteiger partial charge in [-0.15, -0.1) is 0 Å². The molecule has 0 spiro atoms. The number of amides is 1. The number of hydrogen-bond acceptors (Lipinski definition) is 1. The van der Waals surface area contributed by atoms with E-state index in [2.05, 4.69) is 20.8 Å². The Morgan fingerprint density at radius 2 is 1.44 bits per heavy atom. The van der Waals surface area contributed by atoms with Crippen LogP contribution in [-0.4, -0.2) is 30.0 Å². The lowest BCUT2D eigenvalue weighted by atomic mass is 10.1. The molecule has 0 atom stereocenters. The van der Waals surface area contributed by atoms with Gasteiger partial charge in [0.25, 0.3) is 0 Å². The summed E-state index contributed by atoms with van der Waals surface area (Å²) >= 11 is 0. The quantitative estimate of drug-likeness (QED) is 0.662. The fourth-order valence-corrected chi connectivity index (χ4v) is 1.96. The second-order valence-electron chi connectivity index (χ2n) is 3.77. The zero-order valence-electron chi connectivity index (χ0n) is 10.2. The number of benzene rings is 1. The Balaban J connectivity index is 0.00000225. The summed E-state index contributed by atoms with van der Waals surface area (Å²) in [6.07, 6.45) is 0. The van der Waals surface area contributed by atoms with Crippen molar-refractivity contribution in [2.45, 2.75) is 20.8 Å². The molecule has 0 fully saturated rings. The van der Waals surface area contributed by atoms with Crippen molar-refractivity contribution >= 4 is 5.91 Å². The summed E-state index contributed by atoms with van der Waals surface area (Å²) in [7, 11) is 0. The van der Waals surface area contributed by atoms with Crippen LogP contribution < -0.4 is 12.4 Å². The van der Waals surface area contributed by atoms with Crippen molar-refractivity contribution in [2.24, 2.45) is 0 Å². The normalized spacial score (nSPS) is 10.7. The zero-order chi connectivity index (χ0) is 11.3. The molecule has 0 saturated carbocycles. The fourth-order valence-electron chi connectivity index (χ4n) is 1.96. The molecule has 0 unspecified atom stereocenters. The van der Waals surface area contributed by atoms with E-state index in [1.165, 1.54) is 0 Å². The number of quaternary nitrogens is 1. The van der Waals surface area contributed by atoms with E-state index in [1.54, 1.807) is 0 Å². The minimum absolute atomic E-state index is 0. The SMILES string of the molecule is CC[N+](CC)(CC)C(=O)c1ccccc1.[Cl-]. The summed E-state index contributed by atoms with van der Waals surface area (Å²) in [6, 6.07) is 9.58. The minimum atomic E-state index is 0. The fraction of sp³-hybridized carbons (Fsp3) is 0.462. The Kier molecular flexibility index (Phi) is 6.31. The van der Waals surface area contributed by atoms with Gasteiger partial charge in [-0.1, -0.05) is 18.2 Å². The Hall–Kier alpha value is -0.860. The molecule has 0 aromatic heterocycles. The van der Waals surface area contributed by atoms with Crippen molar-refractivity contribution < 1.29 is 21.7 Å². The second-order valence-corrected chi connectivity index (χ2v) is 3.77. The monoisotopic (exact) mass is 241 g/mol. The Labute approximate surface area is 104 Å². The van der Waals surface area contributed by atoms with Gasteiger partial charge in [0.05, 0.1) is 25.2 Å². The van der Waals surface area contributed by atoms with Gasteiger partial charge >= 0.3 is 5.91 Å². The summed E-state index contributed by atoms with van der Waals surface area (Å²) in [5.41, 5.74) is 0.822. The van der Waals surface area contributed by atoms with Gasteiger partial charge in [-0.3, -0.25) is 4.48 Å². The van der Waals surface area contributed by atoms with Crippen LogP contribution >= 0.6 is 0 Å². The Morgan fingerprint density at radius 3 is 1.81 bits per heavy atom. The van der Waals surface area contributed by atoms with Gasteiger partial charge in [-0.25, -0.2) is 4.79 Å². The van der Waals surface area contributed by atoms with Gasteiger partial charge < -0.3 is 12.4 Å². The van der Waals surface area contributed by atoms with Crippen molar-refractivity contribution in [2.75, 3.05) is 19.6 Å². The van der Waals surface area contributed by atoms with Crippen LogP contribution in [0.2, 0.25) is 0 Å². The first kappa shape index (κ1) is 15.1. The van der Waals surface area contributed by atoms with E-state index in [-0.39, 0.29) is 18.3 Å². The van der Waals surface area contributed by atoms with Gasteiger partial charge in [0.2, 0.25) is 0 Å². The first-order chi connectivity index (χ1) is 7.20. The highest BCUT2D eigenvalue weighted by atomic mass is 35.5. The van der Waals surface area contributed by atoms with Gasteiger partial charge in [-0.2, -0.15) is 0 Å². The third kappa shape index (κ3) is 2.83. The average molecular weight is 242 g/mol. The molecule has 1 amide bonds. The second kappa shape index (κ2) is 6.66. The van der Waals surface area contributed by atoms with Crippen LogP contribution in [0.5, 0.6) is 0 Å². The maximum atomic E-state index is 12.3. The van der Waals surface area contributed by atoms with Crippen LogP contribution in [0.15, 0.2) is 30.3 Å². The molecule has 2 nitrogen and oxygen atoms in total. The molecule has 1 rings (SSSR count). The van der Waals surface area contributed by atoms with E-state index < -0.39 is 0 Å². The average Bonchev–Trinajstić information content (AvgIpc) is 2.33. The molecule has 16 heavy (non-hydrogen) atoms. The number of hydrogen-bond donors (Lipinski definition) is 0. The molecule has 0 aliphatic carbocycles. The lowest BCUT2D eigenvalue weighted by molar-refractivity contribution is -0.843. The highest BCUT2D eigenvalue weighted by molar-refractivity contribution is 5.88. The zero-order valence-corrected chi connectivity index (χ0v) is 11.0. The van der Waals surface area contributed by atoms with E-state index >= 15 is 0 Å². The molecule has 0 bridgehead atoms. The molecule has 0 aliphatic heterocycles. The van der Waals surface area contributed by atoms with Gasteiger partial charge in [-0.05, 0) is 32.9 Å². The summed E-state index contributed by atoms with van der Waals surface area (Å²) in [5.74, 6) is 0.239.